The monoisotopic (exact) mass is 279 g/mol. The number of carbonyl (C=O) groups excluding carboxylic acids is 2. The van der Waals surface area contributed by atoms with Gasteiger partial charge in [0.15, 0.2) is 5.13 Å². The fraction of sp³-hybridized carbons (Fsp3) is 0.462. The Bertz CT molecular complexity index is 522. The molecule has 0 aliphatic heterocycles. The average Bonchev–Trinajstić information content (AvgIpc) is 2.84. The van der Waals surface area contributed by atoms with Gasteiger partial charge in [0.05, 0.1) is 5.92 Å². The zero-order valence-electron chi connectivity index (χ0n) is 10.8. The number of hydrogen-bond donors (Lipinski definition) is 1. The van der Waals surface area contributed by atoms with Crippen LogP contribution in [0, 0.1) is 11.8 Å². The first kappa shape index (κ1) is 13.7. The van der Waals surface area contributed by atoms with Crippen molar-refractivity contribution < 1.29 is 14.7 Å². The average molecular weight is 279 g/mol. The summed E-state index contributed by atoms with van der Waals surface area (Å²) in [5, 5.41) is 16.1. The van der Waals surface area contributed by atoms with Gasteiger partial charge in [0.25, 0.3) is 0 Å². The van der Waals surface area contributed by atoms with Crippen LogP contribution in [-0.4, -0.2) is 16.9 Å². The maximum absolute atomic E-state index is 12.2. The van der Waals surface area contributed by atoms with Crippen molar-refractivity contribution in [3.8, 4) is 0 Å². The van der Waals surface area contributed by atoms with Crippen LogP contribution < -0.4 is 10.4 Å². The molecular formula is C13H15N2O3S-. The number of nitrogens with zero attached hydrogens (tertiary/aromatic N) is 1. The van der Waals surface area contributed by atoms with Gasteiger partial charge in [0.1, 0.15) is 0 Å². The number of thiazole rings is 1. The molecule has 0 aromatic carbocycles. The molecule has 1 aromatic rings. The molecule has 0 saturated carbocycles. The van der Waals surface area contributed by atoms with Crippen molar-refractivity contribution in [1.29, 1.82) is 0 Å². The highest BCUT2D eigenvalue weighted by molar-refractivity contribution is 7.13. The van der Waals surface area contributed by atoms with Crippen LogP contribution in [0.2, 0.25) is 0 Å². The second-order valence-electron chi connectivity index (χ2n) is 4.83. The Morgan fingerprint density at radius 2 is 1.95 bits per heavy atom. The van der Waals surface area contributed by atoms with Gasteiger partial charge >= 0.3 is 0 Å². The van der Waals surface area contributed by atoms with Gasteiger partial charge in [-0.2, -0.15) is 0 Å². The number of rotatable bonds is 3. The van der Waals surface area contributed by atoms with E-state index < -0.39 is 17.8 Å². The molecule has 102 valence electrons. The maximum Gasteiger partial charge on any atom is 0.230 e. The first-order valence-electron chi connectivity index (χ1n) is 6.05. The Hall–Kier alpha value is -1.69. The Balaban J connectivity index is 2.16. The zero-order chi connectivity index (χ0) is 14.0. The lowest BCUT2D eigenvalue weighted by molar-refractivity contribution is -0.313. The standard InChI is InChI=1S/C13H16N2O3S/c1-7-5-9(10(12(17)18)6-8(7)2)11(16)15-13-14-3-4-19-13/h3-4,9-10H,5-6H2,1-2H3,(H,17,18)(H,14,15,16)/p-1/t9-,10-/m1/s1. The van der Waals surface area contributed by atoms with Crippen molar-refractivity contribution >= 4 is 28.3 Å². The summed E-state index contributed by atoms with van der Waals surface area (Å²) >= 11 is 1.31. The molecule has 0 spiro atoms. The minimum absolute atomic E-state index is 0.295. The van der Waals surface area contributed by atoms with Crippen molar-refractivity contribution in [2.45, 2.75) is 26.7 Å². The van der Waals surface area contributed by atoms with E-state index in [-0.39, 0.29) is 5.91 Å². The first-order chi connectivity index (χ1) is 8.99. The van der Waals surface area contributed by atoms with Gasteiger partial charge in [-0.3, -0.25) is 4.79 Å². The van der Waals surface area contributed by atoms with Gasteiger partial charge in [-0.05, 0) is 26.7 Å². The van der Waals surface area contributed by atoms with E-state index in [0.29, 0.717) is 18.0 Å². The largest absolute Gasteiger partial charge is 0.550 e. The second kappa shape index (κ2) is 5.52. The molecular weight excluding hydrogens is 264 g/mol. The number of amides is 1. The summed E-state index contributed by atoms with van der Waals surface area (Å²) in [5.74, 6) is -2.80. The Labute approximate surface area is 115 Å². The minimum atomic E-state index is -1.16. The van der Waals surface area contributed by atoms with E-state index in [1.807, 2.05) is 13.8 Å². The highest BCUT2D eigenvalue weighted by atomic mass is 32.1. The summed E-state index contributed by atoms with van der Waals surface area (Å²) in [5.41, 5.74) is 2.12. The van der Waals surface area contributed by atoms with E-state index in [9.17, 15) is 14.7 Å². The normalized spacial score (nSPS) is 23.3. The molecule has 0 radical (unpaired) electrons. The van der Waals surface area contributed by atoms with Crippen molar-refractivity contribution in [2.75, 3.05) is 5.32 Å². The van der Waals surface area contributed by atoms with E-state index >= 15 is 0 Å². The Kier molecular flexibility index (Phi) is 3.99. The SMILES string of the molecule is CC1=C(C)C[C@@H](C(=O)Nc2nccs2)[C@H](C(=O)[O-])C1. The van der Waals surface area contributed by atoms with Gasteiger partial charge < -0.3 is 15.2 Å². The predicted octanol–water partition coefficient (Wildman–Crippen LogP) is 1.19. The van der Waals surface area contributed by atoms with Crippen LogP contribution in [0.5, 0.6) is 0 Å². The smallest absolute Gasteiger partial charge is 0.230 e. The van der Waals surface area contributed by atoms with Crippen LogP contribution in [0.3, 0.4) is 0 Å². The molecule has 19 heavy (non-hydrogen) atoms. The van der Waals surface area contributed by atoms with Gasteiger partial charge in [0, 0.05) is 23.5 Å². The molecule has 0 saturated heterocycles. The molecule has 5 nitrogen and oxygen atoms in total. The van der Waals surface area contributed by atoms with Gasteiger partial charge in [-0.15, -0.1) is 11.3 Å². The van der Waals surface area contributed by atoms with Crippen molar-refractivity contribution in [1.82, 2.24) is 4.98 Å². The third-order valence-corrected chi connectivity index (χ3v) is 4.26. The van der Waals surface area contributed by atoms with Crippen molar-refractivity contribution in [3.63, 3.8) is 0 Å². The number of allylic oxidation sites excluding steroid dienone is 2. The van der Waals surface area contributed by atoms with Crippen LogP contribution in [0.4, 0.5) is 5.13 Å². The minimum Gasteiger partial charge on any atom is -0.550 e. The molecule has 1 heterocycles. The number of nitrogens with one attached hydrogen (secondary N) is 1. The van der Waals surface area contributed by atoms with Gasteiger partial charge in [-0.25, -0.2) is 4.98 Å². The molecule has 1 aliphatic rings. The van der Waals surface area contributed by atoms with E-state index in [1.165, 1.54) is 11.3 Å². The Morgan fingerprint density at radius 1 is 1.32 bits per heavy atom. The summed E-state index contributed by atoms with van der Waals surface area (Å²) < 4.78 is 0. The molecule has 0 fully saturated rings. The van der Waals surface area contributed by atoms with Crippen LogP contribution in [-0.2, 0) is 9.59 Å². The molecule has 1 amide bonds. The van der Waals surface area contributed by atoms with Gasteiger partial charge in [-0.1, -0.05) is 11.1 Å². The predicted molar refractivity (Wildman–Crippen MR) is 70.3 cm³/mol. The van der Waals surface area contributed by atoms with Crippen LogP contribution in [0.25, 0.3) is 0 Å². The first-order valence-corrected chi connectivity index (χ1v) is 6.93. The third kappa shape index (κ3) is 3.01. The summed E-state index contributed by atoms with van der Waals surface area (Å²) in [7, 11) is 0. The van der Waals surface area contributed by atoms with Crippen LogP contribution in [0.15, 0.2) is 22.7 Å². The molecule has 1 aromatic heterocycles. The fourth-order valence-electron chi connectivity index (χ4n) is 2.30. The molecule has 1 aliphatic carbocycles. The summed E-state index contributed by atoms with van der Waals surface area (Å²) in [6.07, 6.45) is 2.43. The van der Waals surface area contributed by atoms with Crippen molar-refractivity contribution in [3.05, 3.63) is 22.7 Å². The molecule has 1 N–H and O–H groups in total. The highest BCUT2D eigenvalue weighted by Crippen LogP contribution is 2.34. The third-order valence-electron chi connectivity index (χ3n) is 3.57. The number of carboxylic acid groups (broad SMARTS) is 1. The number of aromatic nitrogens is 1. The lowest BCUT2D eigenvalue weighted by Crippen LogP contribution is -2.42. The summed E-state index contributed by atoms with van der Waals surface area (Å²) in [6, 6.07) is 0. The molecule has 2 atom stereocenters. The molecule has 6 heteroatoms. The van der Waals surface area contributed by atoms with E-state index in [4.69, 9.17) is 0 Å². The second-order valence-corrected chi connectivity index (χ2v) is 5.72. The highest BCUT2D eigenvalue weighted by Gasteiger charge is 2.33. The lowest BCUT2D eigenvalue weighted by atomic mass is 9.76. The molecule has 0 bridgehead atoms. The van der Waals surface area contributed by atoms with E-state index in [1.54, 1.807) is 11.6 Å². The summed E-state index contributed by atoms with van der Waals surface area (Å²) in [4.78, 5) is 27.3. The zero-order valence-corrected chi connectivity index (χ0v) is 11.6. The summed E-state index contributed by atoms with van der Waals surface area (Å²) in [6.45, 7) is 3.84. The fourth-order valence-corrected chi connectivity index (χ4v) is 2.83. The Morgan fingerprint density at radius 3 is 2.47 bits per heavy atom. The topological polar surface area (TPSA) is 82.1 Å². The van der Waals surface area contributed by atoms with Gasteiger partial charge in [0.2, 0.25) is 5.91 Å². The number of carbonyl (C=O) groups is 2. The lowest BCUT2D eigenvalue weighted by Gasteiger charge is -2.32. The van der Waals surface area contributed by atoms with Crippen LogP contribution >= 0.6 is 11.3 Å². The molecule has 2 rings (SSSR count). The molecule has 0 unspecified atom stereocenters. The number of hydrogen-bond acceptors (Lipinski definition) is 5. The van der Waals surface area contributed by atoms with E-state index in [0.717, 1.165) is 11.1 Å². The maximum atomic E-state index is 12.2. The number of aliphatic carboxylic acids is 1. The number of carboxylic acids is 1. The van der Waals surface area contributed by atoms with Crippen molar-refractivity contribution in [2.24, 2.45) is 11.8 Å². The number of anilines is 1. The quantitative estimate of drug-likeness (QED) is 0.843. The van der Waals surface area contributed by atoms with Crippen LogP contribution in [0.1, 0.15) is 26.7 Å². The van der Waals surface area contributed by atoms with E-state index in [2.05, 4.69) is 10.3 Å².